The molecule has 0 saturated heterocycles. The van der Waals surface area contributed by atoms with Gasteiger partial charge in [0.1, 0.15) is 29.8 Å². The van der Waals surface area contributed by atoms with Crippen LogP contribution in [0.15, 0.2) is 91.0 Å². The standard InChI is InChI=1S/C25H27ClN2O2S/c26-17-10-19-28(20-18-27,24(29)30)31-25(21-11-4-1-5-12-21,22-13-6-2-7-14-22)23-15-8-3-9-16-23/h1-9,11-16H,10,17-20,27H2/p+1. The van der Waals surface area contributed by atoms with Crippen LogP contribution >= 0.6 is 23.5 Å². The van der Waals surface area contributed by atoms with E-state index in [1.807, 2.05) is 54.6 Å². The van der Waals surface area contributed by atoms with Gasteiger partial charge in [0.15, 0.2) is 0 Å². The molecule has 31 heavy (non-hydrogen) atoms. The van der Waals surface area contributed by atoms with Gasteiger partial charge < -0.3 is 10.8 Å². The molecule has 0 fully saturated rings. The maximum absolute atomic E-state index is 12.7. The van der Waals surface area contributed by atoms with Crippen molar-refractivity contribution in [1.29, 1.82) is 0 Å². The quantitative estimate of drug-likeness (QED) is 0.178. The lowest BCUT2D eigenvalue weighted by atomic mass is 9.84. The minimum absolute atomic E-state index is 0.234. The van der Waals surface area contributed by atoms with Crippen LogP contribution in [-0.2, 0) is 4.75 Å². The van der Waals surface area contributed by atoms with Crippen molar-refractivity contribution >= 4 is 29.6 Å². The highest BCUT2D eigenvalue weighted by atomic mass is 35.5. The first kappa shape index (κ1) is 23.4. The van der Waals surface area contributed by atoms with E-state index in [0.717, 1.165) is 16.7 Å². The maximum atomic E-state index is 12.7. The van der Waals surface area contributed by atoms with E-state index in [-0.39, 0.29) is 10.4 Å². The molecule has 4 nitrogen and oxygen atoms in total. The van der Waals surface area contributed by atoms with Crippen LogP contribution in [0, 0.1) is 0 Å². The van der Waals surface area contributed by atoms with Crippen LogP contribution < -0.4 is 5.73 Å². The lowest BCUT2D eigenvalue weighted by molar-refractivity contribution is -0.718. The smallest absolute Gasteiger partial charge is 0.435 e. The Kier molecular flexibility index (Phi) is 8.15. The number of nitrogens with zero attached hydrogens (tertiary/aromatic N) is 1. The topological polar surface area (TPSA) is 63.3 Å². The molecule has 0 heterocycles. The van der Waals surface area contributed by atoms with Crippen LogP contribution in [0.2, 0.25) is 0 Å². The molecule has 1 atom stereocenters. The van der Waals surface area contributed by atoms with Crippen molar-refractivity contribution in [1.82, 2.24) is 0 Å². The van der Waals surface area contributed by atoms with E-state index in [9.17, 15) is 9.90 Å². The van der Waals surface area contributed by atoms with Crippen molar-refractivity contribution in [3.63, 3.8) is 0 Å². The second-order valence-corrected chi connectivity index (χ2v) is 9.19. The molecule has 0 aliphatic carbocycles. The monoisotopic (exact) mass is 455 g/mol. The molecule has 6 heteroatoms. The minimum atomic E-state index is -0.910. The fourth-order valence-electron chi connectivity index (χ4n) is 3.90. The summed E-state index contributed by atoms with van der Waals surface area (Å²) in [7, 11) is 0. The number of rotatable bonds is 10. The van der Waals surface area contributed by atoms with E-state index in [4.69, 9.17) is 17.3 Å². The molecule has 3 N–H and O–H groups in total. The summed E-state index contributed by atoms with van der Waals surface area (Å²) in [6.45, 7) is 0.941. The van der Waals surface area contributed by atoms with Gasteiger partial charge in [-0.3, -0.25) is 0 Å². The number of hydrogen-bond acceptors (Lipinski definition) is 3. The maximum Gasteiger partial charge on any atom is 0.525 e. The molecule has 0 aliphatic rings. The van der Waals surface area contributed by atoms with Gasteiger partial charge in [0.2, 0.25) is 0 Å². The van der Waals surface area contributed by atoms with Gasteiger partial charge in [-0.15, -0.1) is 11.6 Å². The summed E-state index contributed by atoms with van der Waals surface area (Å²) < 4.78 is -0.981. The van der Waals surface area contributed by atoms with Crippen molar-refractivity contribution in [3.8, 4) is 0 Å². The molecule has 1 unspecified atom stereocenters. The molecule has 3 aromatic rings. The SMILES string of the molecule is NCC[N+](CCCCl)(SC(c1ccccc1)(c1ccccc1)c1ccccc1)C(=O)O. The van der Waals surface area contributed by atoms with Gasteiger partial charge in [-0.05, 0) is 16.7 Å². The zero-order valence-corrected chi connectivity index (χ0v) is 18.9. The third kappa shape index (κ3) is 4.96. The Morgan fingerprint density at radius 3 is 1.58 bits per heavy atom. The van der Waals surface area contributed by atoms with E-state index >= 15 is 0 Å². The van der Waals surface area contributed by atoms with Gasteiger partial charge in [0.25, 0.3) is 0 Å². The van der Waals surface area contributed by atoms with Crippen molar-refractivity contribution in [2.24, 2.45) is 5.73 Å². The Morgan fingerprint density at radius 1 is 0.839 bits per heavy atom. The van der Waals surface area contributed by atoms with Gasteiger partial charge >= 0.3 is 6.09 Å². The summed E-state index contributed by atoms with van der Waals surface area (Å²) in [6, 6.07) is 30.3. The highest BCUT2D eigenvalue weighted by Crippen LogP contribution is 2.52. The number of benzene rings is 3. The zero-order chi connectivity index (χ0) is 22.2. The predicted molar refractivity (Wildman–Crippen MR) is 129 cm³/mol. The van der Waals surface area contributed by atoms with Crippen LogP contribution in [0.5, 0.6) is 0 Å². The van der Waals surface area contributed by atoms with E-state index in [1.165, 1.54) is 11.9 Å². The van der Waals surface area contributed by atoms with E-state index in [0.29, 0.717) is 25.4 Å². The normalized spacial score (nSPS) is 13.5. The van der Waals surface area contributed by atoms with Gasteiger partial charge in [0.05, 0.1) is 0 Å². The first-order chi connectivity index (χ1) is 15.1. The number of alkyl halides is 1. The molecule has 0 saturated carbocycles. The number of hydrogen-bond donors (Lipinski definition) is 2. The first-order valence-electron chi connectivity index (χ1n) is 10.3. The molecule has 3 rings (SSSR count). The Bertz CT molecular complexity index is 860. The van der Waals surface area contributed by atoms with Crippen molar-refractivity contribution in [3.05, 3.63) is 108 Å². The molecule has 1 amide bonds. The average Bonchev–Trinajstić information content (AvgIpc) is 2.82. The fourth-order valence-corrected chi connectivity index (χ4v) is 5.76. The van der Waals surface area contributed by atoms with Gasteiger partial charge in [-0.25, -0.2) is 0 Å². The van der Waals surface area contributed by atoms with E-state index < -0.39 is 10.8 Å². The molecule has 162 valence electrons. The Hall–Kier alpha value is -2.31. The van der Waals surface area contributed by atoms with E-state index in [2.05, 4.69) is 36.4 Å². The highest BCUT2D eigenvalue weighted by Gasteiger charge is 2.51. The average molecular weight is 456 g/mol. The van der Waals surface area contributed by atoms with Crippen LogP contribution in [-0.4, -0.2) is 40.6 Å². The Labute approximate surface area is 193 Å². The fraction of sp³-hybridized carbons (Fsp3) is 0.240. The number of amides is 1. The molecule has 3 aromatic carbocycles. The highest BCUT2D eigenvalue weighted by molar-refractivity contribution is 7.95. The molecule has 0 spiro atoms. The second kappa shape index (κ2) is 10.8. The van der Waals surface area contributed by atoms with Gasteiger partial charge in [-0.2, -0.15) is 8.68 Å². The van der Waals surface area contributed by atoms with Crippen molar-refractivity contribution in [2.45, 2.75) is 11.2 Å². The third-order valence-corrected chi connectivity index (χ3v) is 7.46. The zero-order valence-electron chi connectivity index (χ0n) is 17.4. The summed E-state index contributed by atoms with van der Waals surface area (Å²) in [4.78, 5) is 12.7. The molecule has 0 bridgehead atoms. The van der Waals surface area contributed by atoms with E-state index in [1.54, 1.807) is 0 Å². The minimum Gasteiger partial charge on any atom is -0.435 e. The number of nitrogens with two attached hydrogens (primary N) is 1. The summed E-state index contributed by atoms with van der Waals surface area (Å²) in [5, 5.41) is 10.4. The molecule has 0 aromatic heterocycles. The number of quaternary nitrogens is 1. The Morgan fingerprint density at radius 2 is 1.26 bits per heavy atom. The summed E-state index contributed by atoms with van der Waals surface area (Å²) in [6.07, 6.45) is -0.331. The molecule has 0 aliphatic heterocycles. The van der Waals surface area contributed by atoms with Gasteiger partial charge in [0, 0.05) is 18.8 Å². The molecule has 0 radical (unpaired) electrons. The third-order valence-electron chi connectivity index (χ3n) is 5.34. The number of carbonyl (C=O) groups is 1. The van der Waals surface area contributed by atoms with Crippen LogP contribution in [0.3, 0.4) is 0 Å². The predicted octanol–water partition coefficient (Wildman–Crippen LogP) is 5.71. The van der Waals surface area contributed by atoms with Crippen LogP contribution in [0.1, 0.15) is 23.1 Å². The number of carboxylic acid groups (broad SMARTS) is 1. The van der Waals surface area contributed by atoms with Crippen molar-refractivity contribution < 1.29 is 13.8 Å². The summed E-state index contributed by atoms with van der Waals surface area (Å²) in [5.41, 5.74) is 8.99. The van der Waals surface area contributed by atoms with Crippen LogP contribution in [0.4, 0.5) is 4.79 Å². The lowest BCUT2D eigenvalue weighted by Gasteiger charge is -2.40. The molecular weight excluding hydrogens is 428 g/mol. The largest absolute Gasteiger partial charge is 0.525 e. The van der Waals surface area contributed by atoms with Crippen LogP contribution in [0.25, 0.3) is 0 Å². The first-order valence-corrected chi connectivity index (χ1v) is 11.6. The Balaban J connectivity index is 2.32. The van der Waals surface area contributed by atoms with Crippen molar-refractivity contribution in [2.75, 3.05) is 25.5 Å². The summed E-state index contributed by atoms with van der Waals surface area (Å²) >= 11 is 7.41. The summed E-state index contributed by atoms with van der Waals surface area (Å²) in [5.74, 6) is 0.396. The molecular formula is C25H28ClN2O2S+. The van der Waals surface area contributed by atoms with Gasteiger partial charge in [-0.1, -0.05) is 91.0 Å². The second-order valence-electron chi connectivity index (χ2n) is 7.32. The lowest BCUT2D eigenvalue weighted by Crippen LogP contribution is -2.53. The number of halogens is 1.